The zero-order valence-corrected chi connectivity index (χ0v) is 9.01. The summed E-state index contributed by atoms with van der Waals surface area (Å²) in [7, 11) is 0. The molecule has 2 N–H and O–H groups in total. The molecule has 1 aromatic rings. The van der Waals surface area contributed by atoms with Crippen LogP contribution in [0.1, 0.15) is 24.3 Å². The van der Waals surface area contributed by atoms with Crippen LogP contribution in [0, 0.1) is 0 Å². The maximum atomic E-state index is 12.2. The van der Waals surface area contributed by atoms with E-state index in [-0.39, 0.29) is 17.3 Å². The molecule has 0 radical (unpaired) electrons. The van der Waals surface area contributed by atoms with Crippen molar-refractivity contribution >= 4 is 11.3 Å². The van der Waals surface area contributed by atoms with Crippen molar-refractivity contribution in [1.29, 1.82) is 0 Å². The minimum atomic E-state index is -4.45. The fraction of sp³-hybridized carbons (Fsp3) is 0.750. The number of aromatic nitrogens is 2. The Balaban J connectivity index is 1.98. The molecule has 4 nitrogen and oxygen atoms in total. The van der Waals surface area contributed by atoms with Gasteiger partial charge in [0.05, 0.1) is 0 Å². The molecule has 1 heterocycles. The van der Waals surface area contributed by atoms with Gasteiger partial charge in [-0.25, -0.2) is 0 Å². The third kappa shape index (κ3) is 2.62. The maximum Gasteiger partial charge on any atom is 0.445 e. The smallest absolute Gasteiger partial charge is 0.445 e. The minimum Gasteiger partial charge on any atom is -0.466 e. The molecule has 1 aliphatic carbocycles. The Morgan fingerprint density at radius 2 is 2.06 bits per heavy atom. The molecule has 0 aromatic carbocycles. The number of nitrogens with zero attached hydrogens (tertiary/aromatic N) is 2. The van der Waals surface area contributed by atoms with Crippen LogP contribution in [0.2, 0.25) is 0 Å². The number of alkyl halides is 3. The van der Waals surface area contributed by atoms with Crippen LogP contribution >= 0.6 is 11.3 Å². The molecule has 1 fully saturated rings. The summed E-state index contributed by atoms with van der Waals surface area (Å²) >= 11 is 0.418. The first-order valence-electron chi connectivity index (χ1n) is 4.78. The maximum absolute atomic E-state index is 12.2. The quantitative estimate of drug-likeness (QED) is 0.873. The van der Waals surface area contributed by atoms with E-state index in [9.17, 15) is 13.2 Å². The highest BCUT2D eigenvalue weighted by Gasteiger charge is 2.36. The molecule has 2 atom stereocenters. The number of halogens is 3. The third-order valence-electron chi connectivity index (χ3n) is 2.34. The van der Waals surface area contributed by atoms with Crippen molar-refractivity contribution in [3.63, 3.8) is 0 Å². The second-order valence-corrected chi connectivity index (χ2v) is 4.62. The highest BCUT2D eigenvalue weighted by Crippen LogP contribution is 2.35. The standard InChI is InChI=1S/C8H10F3N3OS/c9-8(10,11)6-13-14-7(16-6)15-5-2-1-4(12)3-5/h4-5H,1-3,12H2. The molecule has 1 saturated carbocycles. The van der Waals surface area contributed by atoms with Crippen molar-refractivity contribution in [3.8, 4) is 5.19 Å². The summed E-state index contributed by atoms with van der Waals surface area (Å²) in [5.41, 5.74) is 5.66. The molecule has 0 bridgehead atoms. The van der Waals surface area contributed by atoms with Gasteiger partial charge < -0.3 is 10.5 Å². The molecule has 0 amide bonds. The largest absolute Gasteiger partial charge is 0.466 e. The molecule has 0 saturated heterocycles. The number of hydrogen-bond acceptors (Lipinski definition) is 5. The molecule has 2 unspecified atom stereocenters. The summed E-state index contributed by atoms with van der Waals surface area (Å²) < 4.78 is 41.9. The molecular formula is C8H10F3N3OS. The molecule has 0 spiro atoms. The highest BCUT2D eigenvalue weighted by atomic mass is 32.1. The average molecular weight is 253 g/mol. The van der Waals surface area contributed by atoms with Crippen molar-refractivity contribution in [1.82, 2.24) is 10.2 Å². The Hall–Kier alpha value is -0.890. The predicted octanol–water partition coefficient (Wildman–Crippen LogP) is 1.82. The van der Waals surface area contributed by atoms with Gasteiger partial charge >= 0.3 is 6.18 Å². The fourth-order valence-electron chi connectivity index (χ4n) is 1.59. The minimum absolute atomic E-state index is 0.0357. The highest BCUT2D eigenvalue weighted by molar-refractivity contribution is 7.13. The summed E-state index contributed by atoms with van der Waals surface area (Å²) in [4.78, 5) is 0. The Kier molecular flexibility index (Phi) is 3.02. The van der Waals surface area contributed by atoms with Crippen LogP contribution in [0.5, 0.6) is 5.19 Å². The van der Waals surface area contributed by atoms with Gasteiger partial charge in [-0.15, -0.1) is 5.10 Å². The van der Waals surface area contributed by atoms with Crippen molar-refractivity contribution in [2.45, 2.75) is 37.6 Å². The lowest BCUT2D eigenvalue weighted by Gasteiger charge is -2.08. The van der Waals surface area contributed by atoms with Crippen LogP contribution in [0.15, 0.2) is 0 Å². The van der Waals surface area contributed by atoms with Gasteiger partial charge in [-0.3, -0.25) is 0 Å². The SMILES string of the molecule is NC1CCC(Oc2nnc(C(F)(F)F)s2)C1. The second-order valence-electron chi connectivity index (χ2n) is 3.68. The van der Waals surface area contributed by atoms with E-state index in [2.05, 4.69) is 10.2 Å². The lowest BCUT2D eigenvalue weighted by Crippen LogP contribution is -2.19. The molecule has 2 rings (SSSR count). The first kappa shape index (κ1) is 11.6. The van der Waals surface area contributed by atoms with Gasteiger partial charge in [0.2, 0.25) is 5.01 Å². The van der Waals surface area contributed by atoms with E-state index < -0.39 is 11.2 Å². The normalized spacial score (nSPS) is 26.0. The van der Waals surface area contributed by atoms with Crippen LogP contribution in [0.4, 0.5) is 13.2 Å². The van der Waals surface area contributed by atoms with Gasteiger partial charge in [0, 0.05) is 6.04 Å². The van der Waals surface area contributed by atoms with Gasteiger partial charge in [0.25, 0.3) is 5.19 Å². The van der Waals surface area contributed by atoms with Gasteiger partial charge in [-0.1, -0.05) is 16.4 Å². The van der Waals surface area contributed by atoms with E-state index in [4.69, 9.17) is 10.5 Å². The fourth-order valence-corrected chi connectivity index (χ4v) is 2.22. The van der Waals surface area contributed by atoms with E-state index in [1.165, 1.54) is 0 Å². The van der Waals surface area contributed by atoms with Gasteiger partial charge in [0.15, 0.2) is 0 Å². The second kappa shape index (κ2) is 4.17. The van der Waals surface area contributed by atoms with Crippen LogP contribution < -0.4 is 10.5 Å². The van der Waals surface area contributed by atoms with Crippen molar-refractivity contribution in [2.24, 2.45) is 5.73 Å². The van der Waals surface area contributed by atoms with Crippen LogP contribution in [-0.2, 0) is 6.18 Å². The van der Waals surface area contributed by atoms with Crippen molar-refractivity contribution in [2.75, 3.05) is 0 Å². The van der Waals surface area contributed by atoms with E-state index in [0.29, 0.717) is 17.8 Å². The lowest BCUT2D eigenvalue weighted by molar-refractivity contribution is -0.138. The number of hydrogen-bond donors (Lipinski definition) is 1. The van der Waals surface area contributed by atoms with E-state index in [0.717, 1.165) is 12.8 Å². The first-order valence-corrected chi connectivity index (χ1v) is 5.60. The Morgan fingerprint density at radius 1 is 1.31 bits per heavy atom. The molecule has 8 heteroatoms. The van der Waals surface area contributed by atoms with Gasteiger partial charge in [-0.05, 0) is 19.3 Å². The topological polar surface area (TPSA) is 61.0 Å². The molecule has 1 aromatic heterocycles. The van der Waals surface area contributed by atoms with Crippen LogP contribution in [0.3, 0.4) is 0 Å². The summed E-state index contributed by atoms with van der Waals surface area (Å²) in [6.07, 6.45) is -2.35. The van der Waals surface area contributed by atoms with E-state index in [1.807, 2.05) is 0 Å². The van der Waals surface area contributed by atoms with Crippen molar-refractivity contribution < 1.29 is 17.9 Å². The molecule has 1 aliphatic rings. The number of nitrogens with two attached hydrogens (primary N) is 1. The lowest BCUT2D eigenvalue weighted by atomic mass is 10.3. The molecule has 0 aliphatic heterocycles. The van der Waals surface area contributed by atoms with Crippen LogP contribution in [0.25, 0.3) is 0 Å². The zero-order chi connectivity index (χ0) is 11.8. The molecule has 16 heavy (non-hydrogen) atoms. The van der Waals surface area contributed by atoms with Crippen molar-refractivity contribution in [3.05, 3.63) is 5.01 Å². The van der Waals surface area contributed by atoms with E-state index >= 15 is 0 Å². The molecular weight excluding hydrogens is 243 g/mol. The summed E-state index contributed by atoms with van der Waals surface area (Å²) in [6, 6.07) is 0.0695. The van der Waals surface area contributed by atoms with Crippen LogP contribution in [-0.4, -0.2) is 22.3 Å². The predicted molar refractivity (Wildman–Crippen MR) is 51.2 cm³/mol. The Labute approximate surface area is 93.6 Å². The number of ether oxygens (including phenoxy) is 1. The first-order chi connectivity index (χ1) is 7.45. The van der Waals surface area contributed by atoms with Gasteiger partial charge in [0.1, 0.15) is 6.10 Å². The van der Waals surface area contributed by atoms with E-state index in [1.54, 1.807) is 0 Å². The monoisotopic (exact) mass is 253 g/mol. The summed E-state index contributed by atoms with van der Waals surface area (Å²) in [5.74, 6) is 0. The number of rotatable bonds is 2. The summed E-state index contributed by atoms with van der Waals surface area (Å²) in [6.45, 7) is 0. The Bertz CT molecular complexity index is 368. The van der Waals surface area contributed by atoms with Gasteiger partial charge in [-0.2, -0.15) is 13.2 Å². The average Bonchev–Trinajstić information content (AvgIpc) is 2.74. The Morgan fingerprint density at radius 3 is 2.56 bits per heavy atom. The third-order valence-corrected chi connectivity index (χ3v) is 3.20. The summed E-state index contributed by atoms with van der Waals surface area (Å²) in [5, 5.41) is 5.38. The molecule has 90 valence electrons. The zero-order valence-electron chi connectivity index (χ0n) is 8.20.